The van der Waals surface area contributed by atoms with Crippen LogP contribution in [0.5, 0.6) is 0 Å². The van der Waals surface area contributed by atoms with Gasteiger partial charge in [0.15, 0.2) is 11.7 Å². The number of guanidine groups is 1. The number of allylic oxidation sites excluding steroid dienone is 2. The van der Waals surface area contributed by atoms with Crippen LogP contribution in [0.1, 0.15) is 79.1 Å². The van der Waals surface area contributed by atoms with Crippen LogP contribution in [0, 0.1) is 13.8 Å². The van der Waals surface area contributed by atoms with Crippen LogP contribution in [0.25, 0.3) is 16.8 Å². The van der Waals surface area contributed by atoms with Crippen LogP contribution >= 0.6 is 0 Å². The van der Waals surface area contributed by atoms with Crippen molar-refractivity contribution < 1.29 is 37.4 Å². The molecule has 0 radical (unpaired) electrons. The Kier molecular flexibility index (Phi) is 13.6. The summed E-state index contributed by atoms with van der Waals surface area (Å²) >= 11 is 0. The molecule has 0 saturated carbocycles. The average Bonchev–Trinajstić information content (AvgIpc) is 3.76. The van der Waals surface area contributed by atoms with E-state index < -0.39 is 48.8 Å². The van der Waals surface area contributed by atoms with Crippen LogP contribution in [0.2, 0.25) is 0 Å². The van der Waals surface area contributed by atoms with Gasteiger partial charge in [0.25, 0.3) is 0 Å². The van der Waals surface area contributed by atoms with Gasteiger partial charge in [-0.1, -0.05) is 72.8 Å². The number of benzene rings is 3. The third-order valence-corrected chi connectivity index (χ3v) is 10.9. The summed E-state index contributed by atoms with van der Waals surface area (Å²) in [5.74, 6) is -2.88. The van der Waals surface area contributed by atoms with Crippen molar-refractivity contribution in [1.29, 1.82) is 0 Å². The van der Waals surface area contributed by atoms with Gasteiger partial charge in [-0.3, -0.25) is 19.4 Å². The standard InChI is InChI=1S/C44H51BF2N8O5/c1-28-24-29(2)54-39(28)26-33-22-21-32(55(33)45(54,46)47)16-7-9-20-40(56)51-36(19-11-23-50-44(48)49)42(58)53-37(35-18-10-15-31-14-6-8-17-34(31)35)27-41(57)52-38(43(59)60)25-30-12-4-3-5-13-30/h3-6,8,10,12-15,17-18,21-22,24,26,36-38H,7,9,11,16,19-20,23,25,27H2,1-2H3,(H,51,56)(H,52,57)(H,53,58)(H,59,60)(H4,48,49,50)/t36-,37?,38-/m0/s1. The van der Waals surface area contributed by atoms with Crippen LogP contribution in [0.4, 0.5) is 8.63 Å². The molecule has 3 aromatic carbocycles. The number of carboxylic acid groups (broad SMARTS) is 1. The minimum atomic E-state index is -4.10. The van der Waals surface area contributed by atoms with E-state index in [2.05, 4.69) is 20.9 Å². The number of hydrogen-bond acceptors (Lipinski definition) is 5. The summed E-state index contributed by atoms with van der Waals surface area (Å²) in [6.07, 6.45) is 6.60. The van der Waals surface area contributed by atoms with Crippen molar-refractivity contribution in [3.63, 3.8) is 0 Å². The SMILES string of the molecule is Cc1cc(C)n2c1C=C1C=CC(CCCCC(=O)N[C@@H](CCCN=C(N)N)C(=O)NC(CC(=O)N[C@@H](Cc3ccccc3)C(=O)O)c3cccc4ccccc34)=[N+]1[B-]2(F)F. The number of nitrogens with zero attached hydrogens (tertiary/aromatic N) is 3. The Hall–Kier alpha value is -6.58. The third kappa shape index (κ3) is 10.2. The Morgan fingerprint density at radius 1 is 0.867 bits per heavy atom. The molecule has 0 bridgehead atoms. The summed E-state index contributed by atoms with van der Waals surface area (Å²) in [5, 5.41) is 20.1. The van der Waals surface area contributed by atoms with E-state index in [0.717, 1.165) is 30.9 Å². The highest BCUT2D eigenvalue weighted by Gasteiger charge is 2.52. The van der Waals surface area contributed by atoms with Crippen LogP contribution < -0.4 is 27.4 Å². The number of halogens is 2. The van der Waals surface area contributed by atoms with Gasteiger partial charge in [0, 0.05) is 49.7 Å². The number of rotatable bonds is 19. The van der Waals surface area contributed by atoms with Gasteiger partial charge in [-0.15, -0.1) is 0 Å². The maximum atomic E-state index is 15.9. The maximum absolute atomic E-state index is 15.9. The molecule has 3 amide bonds. The molecule has 1 unspecified atom stereocenters. The number of aliphatic carboxylic acids is 1. The van der Waals surface area contributed by atoms with E-state index in [4.69, 9.17) is 11.5 Å². The van der Waals surface area contributed by atoms with E-state index in [9.17, 15) is 24.3 Å². The van der Waals surface area contributed by atoms with Gasteiger partial charge in [0.05, 0.1) is 12.5 Å². The average molecular weight is 821 g/mol. The number of aliphatic imine (C=N–C) groups is 1. The molecular weight excluding hydrogens is 769 g/mol. The number of fused-ring (bicyclic) bond motifs is 3. The number of unbranched alkanes of at least 4 members (excludes halogenated alkanes) is 1. The normalized spacial score (nSPS) is 15.3. The molecule has 4 aromatic rings. The maximum Gasteiger partial charge on any atom is 0.737 e. The van der Waals surface area contributed by atoms with Crippen molar-refractivity contribution >= 4 is 59.2 Å². The lowest BCUT2D eigenvalue weighted by molar-refractivity contribution is -0.362. The second-order valence-electron chi connectivity index (χ2n) is 15.3. The van der Waals surface area contributed by atoms with E-state index in [-0.39, 0.29) is 38.2 Å². The second-order valence-corrected chi connectivity index (χ2v) is 15.3. The Balaban J connectivity index is 1.14. The highest BCUT2D eigenvalue weighted by molar-refractivity contribution is 6.58. The van der Waals surface area contributed by atoms with Crippen molar-refractivity contribution in [3.8, 4) is 0 Å². The third-order valence-electron chi connectivity index (χ3n) is 10.9. The molecule has 0 spiro atoms. The molecule has 0 aliphatic carbocycles. The first-order valence-electron chi connectivity index (χ1n) is 20.2. The van der Waals surface area contributed by atoms with Crippen LogP contribution in [-0.2, 0) is 25.6 Å². The zero-order valence-corrected chi connectivity index (χ0v) is 33.7. The predicted molar refractivity (Wildman–Crippen MR) is 229 cm³/mol. The van der Waals surface area contributed by atoms with Crippen molar-refractivity contribution in [2.24, 2.45) is 16.5 Å². The van der Waals surface area contributed by atoms with Crippen LogP contribution in [-0.4, -0.2) is 75.0 Å². The first-order valence-corrected chi connectivity index (χ1v) is 20.2. The van der Waals surface area contributed by atoms with Gasteiger partial charge in [0.2, 0.25) is 17.7 Å². The molecule has 13 nitrogen and oxygen atoms in total. The van der Waals surface area contributed by atoms with E-state index in [1.54, 1.807) is 61.5 Å². The molecule has 3 heterocycles. The van der Waals surface area contributed by atoms with Crippen molar-refractivity contribution in [3.05, 3.63) is 125 Å². The van der Waals surface area contributed by atoms with Gasteiger partial charge in [0.1, 0.15) is 17.8 Å². The van der Waals surface area contributed by atoms with Crippen LogP contribution in [0.3, 0.4) is 0 Å². The number of carbonyl (C=O) groups is 4. The molecule has 1 aromatic heterocycles. The zero-order chi connectivity index (χ0) is 43.0. The minimum absolute atomic E-state index is 0.0338. The summed E-state index contributed by atoms with van der Waals surface area (Å²) in [6, 6.07) is 20.5. The van der Waals surface area contributed by atoms with Gasteiger partial charge >= 0.3 is 12.9 Å². The smallest absolute Gasteiger partial charge is 0.480 e. The number of aryl methyl sites for hydroxylation is 2. The number of amides is 3. The molecule has 2 aliphatic rings. The molecule has 3 atom stereocenters. The molecule has 0 fully saturated rings. The second kappa shape index (κ2) is 19.0. The summed E-state index contributed by atoms with van der Waals surface area (Å²) in [5.41, 5.74) is 15.1. The lowest BCUT2D eigenvalue weighted by Gasteiger charge is -2.30. The predicted octanol–water partition coefficient (Wildman–Crippen LogP) is 5.02. The lowest BCUT2D eigenvalue weighted by atomic mass is 9.90. The molecule has 0 saturated heterocycles. The van der Waals surface area contributed by atoms with E-state index >= 15 is 8.63 Å². The van der Waals surface area contributed by atoms with Crippen molar-refractivity contribution in [2.75, 3.05) is 6.54 Å². The summed E-state index contributed by atoms with van der Waals surface area (Å²) in [6.45, 7) is -0.407. The van der Waals surface area contributed by atoms with Crippen molar-refractivity contribution in [2.45, 2.75) is 83.3 Å². The topological polar surface area (TPSA) is 197 Å². The van der Waals surface area contributed by atoms with Gasteiger partial charge in [-0.05, 0) is 78.8 Å². The highest BCUT2D eigenvalue weighted by Crippen LogP contribution is 2.35. The summed E-state index contributed by atoms with van der Waals surface area (Å²) < 4.78 is 34.0. The molecule has 60 heavy (non-hydrogen) atoms. The quantitative estimate of drug-likeness (QED) is 0.0331. The number of aromatic nitrogens is 1. The first kappa shape index (κ1) is 43.0. The molecule has 314 valence electrons. The number of nitrogens with one attached hydrogen (secondary N) is 3. The fraction of sp³-hybridized carbons (Fsp3) is 0.318. The zero-order valence-electron chi connectivity index (χ0n) is 33.7. The highest BCUT2D eigenvalue weighted by atomic mass is 19.2. The van der Waals surface area contributed by atoms with Gasteiger partial charge in [-0.2, -0.15) is 0 Å². The minimum Gasteiger partial charge on any atom is -0.480 e. The number of carbonyl (C=O) groups excluding carboxylic acids is 3. The van der Waals surface area contributed by atoms with E-state index in [1.165, 1.54) is 0 Å². The van der Waals surface area contributed by atoms with Crippen molar-refractivity contribution in [1.82, 2.24) is 20.4 Å². The first-order chi connectivity index (χ1) is 28.7. The molecule has 8 N–H and O–H groups in total. The molecule has 6 rings (SSSR count). The molecule has 16 heteroatoms. The summed E-state index contributed by atoms with van der Waals surface area (Å²) in [7, 11) is 0. The molecular formula is C44H51BF2N8O5. The Morgan fingerprint density at radius 2 is 1.58 bits per heavy atom. The Bertz CT molecular complexity index is 2380. The fourth-order valence-corrected chi connectivity index (χ4v) is 8.08. The largest absolute Gasteiger partial charge is 0.737 e. The number of carboxylic acids is 1. The number of hydrogen-bond donors (Lipinski definition) is 6. The monoisotopic (exact) mass is 820 g/mol. The Morgan fingerprint density at radius 3 is 2.33 bits per heavy atom. The van der Waals surface area contributed by atoms with Crippen LogP contribution in [0.15, 0.2) is 102 Å². The molecule has 2 aliphatic heterocycles. The lowest BCUT2D eigenvalue weighted by Crippen LogP contribution is -2.50. The van der Waals surface area contributed by atoms with Gasteiger partial charge in [-0.25, -0.2) is 4.79 Å². The van der Waals surface area contributed by atoms with Gasteiger partial charge < -0.3 is 50.1 Å². The summed E-state index contributed by atoms with van der Waals surface area (Å²) in [4.78, 5) is 57.4. The van der Waals surface area contributed by atoms with E-state index in [1.807, 2.05) is 49.4 Å². The fourth-order valence-electron chi connectivity index (χ4n) is 8.08. The number of nitrogens with two attached hydrogens (primary N) is 2. The van der Waals surface area contributed by atoms with E-state index in [0.29, 0.717) is 54.0 Å². The Labute approximate surface area is 347 Å².